The summed E-state index contributed by atoms with van der Waals surface area (Å²) in [4.78, 5) is 10.7. The first-order valence-electron chi connectivity index (χ1n) is 5.91. The van der Waals surface area contributed by atoms with Gasteiger partial charge < -0.3 is 14.6 Å². The number of carbonyl (C=O) groups is 1. The number of aryl methyl sites for hydroxylation is 1. The SMILES string of the molecule is Cc1cc(C(=O)O)ccc1OCCCOCC(F)(F)F. The monoisotopic (exact) mass is 292 g/mol. The van der Waals surface area contributed by atoms with Crippen molar-refractivity contribution in [3.05, 3.63) is 29.3 Å². The smallest absolute Gasteiger partial charge is 0.411 e. The predicted octanol–water partition coefficient (Wildman–Crippen LogP) is 3.04. The Hall–Kier alpha value is -1.76. The summed E-state index contributed by atoms with van der Waals surface area (Å²) in [6.45, 7) is 0.581. The van der Waals surface area contributed by atoms with Crippen LogP contribution in [0.25, 0.3) is 0 Å². The predicted molar refractivity (Wildman–Crippen MR) is 65.1 cm³/mol. The summed E-state index contributed by atoms with van der Waals surface area (Å²) in [7, 11) is 0. The second-order valence-electron chi connectivity index (χ2n) is 4.16. The van der Waals surface area contributed by atoms with Crippen LogP contribution in [0.3, 0.4) is 0 Å². The zero-order valence-electron chi connectivity index (χ0n) is 10.9. The fourth-order valence-electron chi connectivity index (χ4n) is 1.48. The van der Waals surface area contributed by atoms with Crippen molar-refractivity contribution >= 4 is 5.97 Å². The molecule has 0 aliphatic heterocycles. The second kappa shape index (κ2) is 7.14. The number of aromatic carboxylic acids is 1. The van der Waals surface area contributed by atoms with Gasteiger partial charge in [-0.3, -0.25) is 0 Å². The van der Waals surface area contributed by atoms with E-state index in [0.717, 1.165) is 0 Å². The van der Waals surface area contributed by atoms with Crippen LogP contribution in [0.1, 0.15) is 22.3 Å². The van der Waals surface area contributed by atoms with Crippen LogP contribution < -0.4 is 4.74 Å². The first-order valence-corrected chi connectivity index (χ1v) is 5.91. The summed E-state index contributed by atoms with van der Waals surface area (Å²) in [6.07, 6.45) is -4.00. The lowest BCUT2D eigenvalue weighted by Gasteiger charge is -2.10. The van der Waals surface area contributed by atoms with Crippen LogP contribution >= 0.6 is 0 Å². The van der Waals surface area contributed by atoms with E-state index in [1.807, 2.05) is 0 Å². The molecule has 0 saturated heterocycles. The third kappa shape index (κ3) is 5.92. The molecule has 0 bridgehead atoms. The minimum atomic E-state index is -4.32. The van der Waals surface area contributed by atoms with Gasteiger partial charge in [-0.25, -0.2) is 4.79 Å². The van der Waals surface area contributed by atoms with Crippen LogP contribution in [0.2, 0.25) is 0 Å². The van der Waals surface area contributed by atoms with Gasteiger partial charge in [-0.05, 0) is 30.7 Å². The van der Waals surface area contributed by atoms with Gasteiger partial charge in [0.15, 0.2) is 0 Å². The summed E-state index contributed by atoms with van der Waals surface area (Å²) in [5.74, 6) is -0.522. The highest BCUT2D eigenvalue weighted by Gasteiger charge is 2.27. The molecule has 0 fully saturated rings. The zero-order chi connectivity index (χ0) is 15.2. The third-order valence-corrected chi connectivity index (χ3v) is 2.38. The van der Waals surface area contributed by atoms with Crippen molar-refractivity contribution in [1.82, 2.24) is 0 Å². The van der Waals surface area contributed by atoms with Crippen molar-refractivity contribution < 1.29 is 32.5 Å². The number of hydrogen-bond donors (Lipinski definition) is 1. The minimum absolute atomic E-state index is 0.0498. The summed E-state index contributed by atoms with van der Waals surface area (Å²) < 4.78 is 45.1. The Labute approximate surface area is 114 Å². The first-order chi connectivity index (χ1) is 9.29. The summed E-state index contributed by atoms with van der Waals surface area (Å²) in [5, 5.41) is 8.79. The maximum absolute atomic E-state index is 11.8. The lowest BCUT2D eigenvalue weighted by molar-refractivity contribution is -0.174. The van der Waals surface area contributed by atoms with Crippen molar-refractivity contribution in [2.75, 3.05) is 19.8 Å². The lowest BCUT2D eigenvalue weighted by Crippen LogP contribution is -2.18. The average Bonchev–Trinajstić information content (AvgIpc) is 2.33. The summed E-state index contributed by atoms with van der Waals surface area (Å²) in [5.41, 5.74) is 0.810. The molecule has 1 aromatic rings. The Bertz CT molecular complexity index is 457. The largest absolute Gasteiger partial charge is 0.493 e. The van der Waals surface area contributed by atoms with E-state index in [2.05, 4.69) is 4.74 Å². The Balaban J connectivity index is 2.31. The van der Waals surface area contributed by atoms with E-state index < -0.39 is 18.8 Å². The molecule has 1 aromatic carbocycles. The van der Waals surface area contributed by atoms with Crippen LogP contribution in [0.5, 0.6) is 5.75 Å². The highest BCUT2D eigenvalue weighted by atomic mass is 19.4. The quantitative estimate of drug-likeness (QED) is 0.785. The molecule has 0 saturated carbocycles. The van der Waals surface area contributed by atoms with Gasteiger partial charge in [0, 0.05) is 6.42 Å². The van der Waals surface area contributed by atoms with E-state index in [1.165, 1.54) is 18.2 Å². The van der Waals surface area contributed by atoms with Crippen LogP contribution in [-0.4, -0.2) is 37.1 Å². The van der Waals surface area contributed by atoms with Gasteiger partial charge in [0.05, 0.1) is 18.8 Å². The van der Waals surface area contributed by atoms with Crippen LogP contribution in [0, 0.1) is 6.92 Å². The second-order valence-corrected chi connectivity index (χ2v) is 4.16. The first kappa shape index (κ1) is 16.3. The molecule has 7 heteroatoms. The Morgan fingerprint density at radius 3 is 2.55 bits per heavy atom. The molecule has 0 unspecified atom stereocenters. The molecule has 0 aliphatic rings. The van der Waals surface area contributed by atoms with Crippen molar-refractivity contribution in [1.29, 1.82) is 0 Å². The van der Waals surface area contributed by atoms with E-state index in [9.17, 15) is 18.0 Å². The molecule has 0 radical (unpaired) electrons. The van der Waals surface area contributed by atoms with Gasteiger partial charge >= 0.3 is 12.1 Å². The molecule has 0 amide bonds. The highest BCUT2D eigenvalue weighted by Crippen LogP contribution is 2.19. The van der Waals surface area contributed by atoms with Crippen molar-refractivity contribution in [3.8, 4) is 5.75 Å². The molecule has 0 spiro atoms. The number of hydrogen-bond acceptors (Lipinski definition) is 3. The maximum Gasteiger partial charge on any atom is 0.411 e. The molecule has 0 aromatic heterocycles. The fraction of sp³-hybridized carbons (Fsp3) is 0.462. The van der Waals surface area contributed by atoms with Crippen molar-refractivity contribution in [2.45, 2.75) is 19.5 Å². The number of carboxylic acid groups (broad SMARTS) is 1. The van der Waals surface area contributed by atoms with E-state index in [1.54, 1.807) is 6.92 Å². The average molecular weight is 292 g/mol. The summed E-state index contributed by atoms with van der Waals surface area (Å²) in [6, 6.07) is 4.40. The Morgan fingerprint density at radius 1 is 1.30 bits per heavy atom. The number of benzene rings is 1. The van der Waals surface area contributed by atoms with E-state index in [-0.39, 0.29) is 18.8 Å². The Kier molecular flexibility index (Phi) is 5.82. The maximum atomic E-state index is 11.8. The molecule has 0 atom stereocenters. The van der Waals surface area contributed by atoms with Crippen molar-refractivity contribution in [2.24, 2.45) is 0 Å². The molecule has 0 aliphatic carbocycles. The van der Waals surface area contributed by atoms with E-state index in [4.69, 9.17) is 9.84 Å². The van der Waals surface area contributed by atoms with Gasteiger partial charge in [-0.2, -0.15) is 13.2 Å². The molecule has 1 rings (SSSR count). The molecule has 1 N–H and O–H groups in total. The van der Waals surface area contributed by atoms with Gasteiger partial charge in [0.2, 0.25) is 0 Å². The summed E-state index contributed by atoms with van der Waals surface area (Å²) >= 11 is 0. The third-order valence-electron chi connectivity index (χ3n) is 2.38. The molecule has 4 nitrogen and oxygen atoms in total. The fourth-order valence-corrected chi connectivity index (χ4v) is 1.48. The number of halogens is 3. The van der Waals surface area contributed by atoms with Gasteiger partial charge in [0.1, 0.15) is 12.4 Å². The minimum Gasteiger partial charge on any atom is -0.493 e. The van der Waals surface area contributed by atoms with Crippen LogP contribution in [-0.2, 0) is 4.74 Å². The number of carboxylic acids is 1. The van der Waals surface area contributed by atoms with Crippen molar-refractivity contribution in [3.63, 3.8) is 0 Å². The molecular weight excluding hydrogens is 277 g/mol. The highest BCUT2D eigenvalue weighted by molar-refractivity contribution is 5.88. The van der Waals surface area contributed by atoms with E-state index in [0.29, 0.717) is 17.7 Å². The molecular formula is C13H15F3O4. The number of ether oxygens (including phenoxy) is 2. The Morgan fingerprint density at radius 2 is 2.00 bits per heavy atom. The van der Waals surface area contributed by atoms with Gasteiger partial charge in [-0.15, -0.1) is 0 Å². The number of rotatable bonds is 7. The van der Waals surface area contributed by atoms with Crippen LogP contribution in [0.15, 0.2) is 18.2 Å². The topological polar surface area (TPSA) is 55.8 Å². The standard InChI is InChI=1S/C13H15F3O4/c1-9-7-10(12(17)18)3-4-11(9)20-6-2-5-19-8-13(14,15)16/h3-4,7H,2,5-6,8H2,1H3,(H,17,18). The van der Waals surface area contributed by atoms with E-state index >= 15 is 0 Å². The lowest BCUT2D eigenvalue weighted by atomic mass is 10.1. The van der Waals surface area contributed by atoms with Gasteiger partial charge in [-0.1, -0.05) is 0 Å². The van der Waals surface area contributed by atoms with Gasteiger partial charge in [0.25, 0.3) is 0 Å². The van der Waals surface area contributed by atoms with Crippen LogP contribution in [0.4, 0.5) is 13.2 Å². The zero-order valence-corrected chi connectivity index (χ0v) is 10.9. The molecule has 112 valence electrons. The molecule has 0 heterocycles. The number of alkyl halides is 3. The molecule has 20 heavy (non-hydrogen) atoms. The normalized spacial score (nSPS) is 11.4.